The van der Waals surface area contributed by atoms with E-state index >= 15 is 0 Å². The standard InChI is InChI=1S/C23H28O12/c1-9-14(33-21(31)10-3-2-4-11(25)5-10)6-12-13(20(29)30)8-32-22(16(9)12)35-23-19(28)18(27)17(26)15(7-24)34-23/h2-5,8-9,12,14-19,22-28H,6-7H2,1H3,(H,29,30)/t9-,12-,14+,15+,16+,17+,18-,19+,22+,23+/m0/s1. The van der Waals surface area contributed by atoms with E-state index < -0.39 is 79.4 Å². The maximum absolute atomic E-state index is 12.6. The van der Waals surface area contributed by atoms with Crippen LogP contribution in [0, 0.1) is 17.8 Å². The number of esters is 1. The molecule has 1 aliphatic carbocycles. The van der Waals surface area contributed by atoms with Gasteiger partial charge in [-0.1, -0.05) is 13.0 Å². The molecule has 2 fully saturated rings. The molecule has 1 saturated heterocycles. The minimum absolute atomic E-state index is 0.0357. The number of phenols is 1. The number of aliphatic hydroxyl groups is 4. The van der Waals surface area contributed by atoms with Gasteiger partial charge in [-0.25, -0.2) is 9.59 Å². The Kier molecular flexibility index (Phi) is 7.31. The zero-order valence-electron chi connectivity index (χ0n) is 18.7. The van der Waals surface area contributed by atoms with Gasteiger partial charge in [0.15, 0.2) is 6.29 Å². The lowest BCUT2D eigenvalue weighted by Gasteiger charge is -2.43. The summed E-state index contributed by atoms with van der Waals surface area (Å²) in [5, 5.41) is 59.0. The number of ether oxygens (including phenoxy) is 4. The topological polar surface area (TPSA) is 192 Å². The van der Waals surface area contributed by atoms with Gasteiger partial charge in [0.05, 0.1) is 24.0 Å². The molecule has 2 heterocycles. The second kappa shape index (κ2) is 10.1. The number of fused-ring (bicyclic) bond motifs is 1. The van der Waals surface area contributed by atoms with Gasteiger partial charge in [0.25, 0.3) is 0 Å². The van der Waals surface area contributed by atoms with Crippen molar-refractivity contribution in [2.45, 2.75) is 56.4 Å². The molecule has 0 spiro atoms. The van der Waals surface area contributed by atoms with Crippen LogP contribution in [0.4, 0.5) is 0 Å². The number of carbonyl (C=O) groups excluding carboxylic acids is 1. The van der Waals surface area contributed by atoms with Gasteiger partial charge in [0, 0.05) is 17.8 Å². The normalized spacial score (nSPS) is 38.7. The Balaban J connectivity index is 1.54. The highest BCUT2D eigenvalue weighted by Gasteiger charge is 2.54. The Morgan fingerprint density at radius 3 is 2.51 bits per heavy atom. The summed E-state index contributed by atoms with van der Waals surface area (Å²) in [7, 11) is 0. The number of aliphatic carboxylic acids is 1. The second-order valence-electron chi connectivity index (χ2n) is 8.99. The van der Waals surface area contributed by atoms with Gasteiger partial charge in [-0.2, -0.15) is 0 Å². The minimum Gasteiger partial charge on any atom is -0.508 e. The predicted molar refractivity (Wildman–Crippen MR) is 114 cm³/mol. The molecule has 192 valence electrons. The first-order valence-corrected chi connectivity index (χ1v) is 11.2. The van der Waals surface area contributed by atoms with E-state index in [0.717, 1.165) is 6.26 Å². The number of carbonyl (C=O) groups is 2. The average molecular weight is 496 g/mol. The number of phenolic OH excluding ortho intramolecular Hbond substituents is 1. The number of benzene rings is 1. The van der Waals surface area contributed by atoms with Crippen molar-refractivity contribution in [2.24, 2.45) is 17.8 Å². The molecule has 1 aromatic carbocycles. The molecule has 1 saturated carbocycles. The summed E-state index contributed by atoms with van der Waals surface area (Å²) in [5.41, 5.74) is 0.0952. The fourth-order valence-corrected chi connectivity index (χ4v) is 4.96. The van der Waals surface area contributed by atoms with Crippen molar-refractivity contribution in [2.75, 3.05) is 6.61 Å². The maximum atomic E-state index is 12.6. The highest BCUT2D eigenvalue weighted by molar-refractivity contribution is 5.90. The number of aliphatic hydroxyl groups excluding tert-OH is 4. The van der Waals surface area contributed by atoms with Crippen LogP contribution in [0.3, 0.4) is 0 Å². The number of rotatable bonds is 6. The molecule has 0 unspecified atom stereocenters. The van der Waals surface area contributed by atoms with Crippen molar-refractivity contribution < 1.29 is 59.2 Å². The van der Waals surface area contributed by atoms with Crippen LogP contribution >= 0.6 is 0 Å². The molecule has 3 aliphatic rings. The van der Waals surface area contributed by atoms with Crippen molar-refractivity contribution in [3.63, 3.8) is 0 Å². The summed E-state index contributed by atoms with van der Waals surface area (Å²) in [6.07, 6.45) is -8.26. The van der Waals surface area contributed by atoms with Gasteiger partial charge in [0.2, 0.25) is 6.29 Å². The van der Waals surface area contributed by atoms with Crippen LogP contribution < -0.4 is 0 Å². The Bertz CT molecular complexity index is 977. The summed E-state index contributed by atoms with van der Waals surface area (Å²) < 4.78 is 22.3. The third-order valence-corrected chi connectivity index (χ3v) is 6.89. The van der Waals surface area contributed by atoms with Crippen LogP contribution in [-0.4, -0.2) is 92.3 Å². The highest BCUT2D eigenvalue weighted by Crippen LogP contribution is 2.48. The summed E-state index contributed by atoms with van der Waals surface area (Å²) in [4.78, 5) is 24.5. The first-order chi connectivity index (χ1) is 16.6. The molecule has 35 heavy (non-hydrogen) atoms. The Labute approximate surface area is 199 Å². The molecular formula is C23H28O12. The van der Waals surface area contributed by atoms with Gasteiger partial charge in [0.1, 0.15) is 36.3 Å². The lowest BCUT2D eigenvalue weighted by Crippen LogP contribution is -2.60. The van der Waals surface area contributed by atoms with Gasteiger partial charge in [-0.3, -0.25) is 0 Å². The average Bonchev–Trinajstić information content (AvgIpc) is 3.15. The minimum atomic E-state index is -1.67. The summed E-state index contributed by atoms with van der Waals surface area (Å²) in [6, 6.07) is 5.64. The Morgan fingerprint density at radius 2 is 1.86 bits per heavy atom. The summed E-state index contributed by atoms with van der Waals surface area (Å²) in [5.74, 6) is -3.74. The van der Waals surface area contributed by atoms with E-state index in [9.17, 15) is 40.2 Å². The lowest BCUT2D eigenvalue weighted by atomic mass is 9.83. The van der Waals surface area contributed by atoms with E-state index in [-0.39, 0.29) is 23.3 Å². The van der Waals surface area contributed by atoms with Crippen LogP contribution in [0.25, 0.3) is 0 Å². The van der Waals surface area contributed by atoms with Crippen molar-refractivity contribution in [1.82, 2.24) is 0 Å². The Hall–Kier alpha value is -2.74. The molecule has 0 amide bonds. The van der Waals surface area contributed by atoms with Crippen LogP contribution in [0.5, 0.6) is 5.75 Å². The summed E-state index contributed by atoms with van der Waals surface area (Å²) in [6.45, 7) is 1.10. The maximum Gasteiger partial charge on any atom is 0.338 e. The van der Waals surface area contributed by atoms with E-state index in [1.165, 1.54) is 24.3 Å². The van der Waals surface area contributed by atoms with Crippen LogP contribution in [0.2, 0.25) is 0 Å². The molecule has 12 heteroatoms. The van der Waals surface area contributed by atoms with Crippen molar-refractivity contribution in [3.8, 4) is 5.75 Å². The first-order valence-electron chi connectivity index (χ1n) is 11.2. The molecular weight excluding hydrogens is 468 g/mol. The van der Waals surface area contributed by atoms with E-state index in [1.807, 2.05) is 0 Å². The van der Waals surface area contributed by atoms with Crippen molar-refractivity contribution in [3.05, 3.63) is 41.7 Å². The van der Waals surface area contributed by atoms with E-state index in [4.69, 9.17) is 18.9 Å². The van der Waals surface area contributed by atoms with Crippen LogP contribution in [0.1, 0.15) is 23.7 Å². The highest BCUT2D eigenvalue weighted by atomic mass is 16.8. The molecule has 12 nitrogen and oxygen atoms in total. The third kappa shape index (κ3) is 4.85. The number of carboxylic acid groups (broad SMARTS) is 1. The predicted octanol–water partition coefficient (Wildman–Crippen LogP) is -0.669. The number of hydrogen-bond donors (Lipinski definition) is 6. The number of carboxylic acids is 1. The molecule has 1 aromatic rings. The Morgan fingerprint density at radius 1 is 1.11 bits per heavy atom. The third-order valence-electron chi connectivity index (χ3n) is 6.89. The van der Waals surface area contributed by atoms with E-state index in [1.54, 1.807) is 6.92 Å². The fraction of sp³-hybridized carbons (Fsp3) is 0.565. The smallest absolute Gasteiger partial charge is 0.338 e. The van der Waals surface area contributed by atoms with Gasteiger partial charge in [-0.05, 0) is 24.6 Å². The molecule has 4 rings (SSSR count). The SMILES string of the molecule is C[C@@H]1[C@H]2[C@@H](O[C@H]3O[C@H](CO)[C@@H](O)[C@H](O)[C@H]3O)OC=C(C(=O)O)[C@@H]2C[C@H]1OC(=O)c1cccc(O)c1. The van der Waals surface area contributed by atoms with Crippen molar-refractivity contribution in [1.29, 1.82) is 0 Å². The molecule has 2 aliphatic heterocycles. The van der Waals surface area contributed by atoms with Gasteiger partial charge < -0.3 is 49.6 Å². The monoisotopic (exact) mass is 496 g/mol. The molecule has 0 radical (unpaired) electrons. The van der Waals surface area contributed by atoms with E-state index in [0.29, 0.717) is 0 Å². The number of hydrogen-bond acceptors (Lipinski definition) is 11. The zero-order valence-corrected chi connectivity index (χ0v) is 18.7. The summed E-state index contributed by atoms with van der Waals surface area (Å²) >= 11 is 0. The quantitative estimate of drug-likeness (QED) is 0.273. The van der Waals surface area contributed by atoms with Crippen molar-refractivity contribution >= 4 is 11.9 Å². The first kappa shape index (κ1) is 25.4. The van der Waals surface area contributed by atoms with Crippen LogP contribution in [-0.2, 0) is 23.7 Å². The fourth-order valence-electron chi connectivity index (χ4n) is 4.96. The molecule has 6 N–H and O–H groups in total. The van der Waals surface area contributed by atoms with Gasteiger partial charge in [-0.15, -0.1) is 0 Å². The zero-order chi connectivity index (χ0) is 25.4. The van der Waals surface area contributed by atoms with Crippen LogP contribution in [0.15, 0.2) is 36.1 Å². The second-order valence-corrected chi connectivity index (χ2v) is 8.99. The molecule has 0 bridgehead atoms. The largest absolute Gasteiger partial charge is 0.508 e. The number of aromatic hydroxyl groups is 1. The van der Waals surface area contributed by atoms with E-state index in [2.05, 4.69) is 0 Å². The molecule has 10 atom stereocenters. The lowest BCUT2D eigenvalue weighted by molar-refractivity contribution is -0.342. The van der Waals surface area contributed by atoms with Gasteiger partial charge >= 0.3 is 11.9 Å². The molecule has 0 aromatic heterocycles.